The number of carbonyl (C=O) groups excluding carboxylic acids is 2. The molecule has 2 amide bonds. The van der Waals surface area contributed by atoms with Gasteiger partial charge in [-0.15, -0.1) is 11.8 Å². The predicted molar refractivity (Wildman–Crippen MR) is 102 cm³/mol. The molecule has 1 N–H and O–H groups in total. The third-order valence-electron chi connectivity index (χ3n) is 4.81. The molecule has 2 aromatic carbocycles. The Bertz CT molecular complexity index is 962. The second-order valence-electron chi connectivity index (χ2n) is 7.27. The predicted octanol–water partition coefficient (Wildman–Crippen LogP) is 3.61. The Morgan fingerprint density at radius 2 is 2.04 bits per heavy atom. The molecule has 0 aromatic heterocycles. The van der Waals surface area contributed by atoms with Crippen LogP contribution in [0.15, 0.2) is 42.5 Å². The second kappa shape index (κ2) is 5.99. The van der Waals surface area contributed by atoms with Crippen molar-refractivity contribution >= 4 is 29.3 Å². The van der Waals surface area contributed by atoms with Gasteiger partial charge in [-0.25, -0.2) is 4.39 Å². The summed E-state index contributed by atoms with van der Waals surface area (Å²) in [5.41, 5.74) is 1.56. The van der Waals surface area contributed by atoms with Crippen molar-refractivity contribution in [3.05, 3.63) is 59.4 Å². The van der Waals surface area contributed by atoms with Crippen LogP contribution < -0.4 is 10.1 Å². The van der Waals surface area contributed by atoms with Gasteiger partial charge in [-0.2, -0.15) is 0 Å². The van der Waals surface area contributed by atoms with E-state index in [1.54, 1.807) is 36.3 Å². The highest BCUT2D eigenvalue weighted by molar-refractivity contribution is 8.02. The maximum atomic E-state index is 13.7. The number of anilines is 1. The van der Waals surface area contributed by atoms with Crippen LogP contribution in [0, 0.1) is 5.82 Å². The lowest BCUT2D eigenvalue weighted by atomic mass is 10.0. The van der Waals surface area contributed by atoms with Crippen LogP contribution in [0.5, 0.6) is 5.75 Å². The van der Waals surface area contributed by atoms with Crippen LogP contribution in [0.1, 0.15) is 29.8 Å². The molecule has 0 aliphatic carbocycles. The van der Waals surface area contributed by atoms with Crippen LogP contribution >= 0.6 is 11.8 Å². The van der Waals surface area contributed by atoms with Crippen LogP contribution in [0.3, 0.4) is 0 Å². The molecule has 7 heteroatoms. The number of nitrogens with one attached hydrogen (secondary N) is 1. The Labute approximate surface area is 160 Å². The summed E-state index contributed by atoms with van der Waals surface area (Å²) in [7, 11) is 1.56. The number of amides is 2. The molecule has 1 saturated heterocycles. The molecular formula is C20H19FN2O3S. The molecule has 27 heavy (non-hydrogen) atoms. The van der Waals surface area contributed by atoms with Crippen LogP contribution in [0.4, 0.5) is 10.1 Å². The first kappa shape index (κ1) is 17.9. The third-order valence-corrected chi connectivity index (χ3v) is 6.41. The number of halogens is 1. The highest BCUT2D eigenvalue weighted by Gasteiger charge is 2.61. The number of methoxy groups -OCH3 is 1. The van der Waals surface area contributed by atoms with Gasteiger partial charge in [0.15, 0.2) is 4.87 Å². The number of hydrogen-bond donors (Lipinski definition) is 1. The fraction of sp³-hybridized carbons (Fsp3) is 0.300. The summed E-state index contributed by atoms with van der Waals surface area (Å²) in [5.74, 6) is -0.531. The maximum Gasteiger partial charge on any atom is 0.265 e. The van der Waals surface area contributed by atoms with Crippen molar-refractivity contribution in [1.29, 1.82) is 0 Å². The van der Waals surface area contributed by atoms with E-state index in [1.165, 1.54) is 30.0 Å². The molecule has 2 aliphatic heterocycles. The van der Waals surface area contributed by atoms with Crippen molar-refractivity contribution < 1.29 is 18.7 Å². The zero-order valence-electron chi connectivity index (χ0n) is 15.2. The minimum Gasteiger partial charge on any atom is -0.497 e. The van der Waals surface area contributed by atoms with Gasteiger partial charge in [-0.05, 0) is 50.2 Å². The number of fused-ring (bicyclic) bond motifs is 2. The van der Waals surface area contributed by atoms with Crippen LogP contribution in [-0.4, -0.2) is 35.1 Å². The summed E-state index contributed by atoms with van der Waals surface area (Å²) in [6.45, 7) is 4.34. The van der Waals surface area contributed by atoms with Crippen molar-refractivity contribution in [2.75, 3.05) is 19.0 Å². The molecular weight excluding hydrogens is 367 g/mol. The van der Waals surface area contributed by atoms with Gasteiger partial charge in [0, 0.05) is 28.1 Å². The molecule has 2 aromatic rings. The molecule has 1 spiro atoms. The molecule has 140 valence electrons. The summed E-state index contributed by atoms with van der Waals surface area (Å²) in [6.07, 6.45) is 0. The summed E-state index contributed by atoms with van der Waals surface area (Å²) < 4.78 is 18.6. The van der Waals surface area contributed by atoms with E-state index in [4.69, 9.17) is 4.74 Å². The smallest absolute Gasteiger partial charge is 0.265 e. The number of thioether (sulfide) groups is 1. The fourth-order valence-corrected chi connectivity index (χ4v) is 5.38. The minimum atomic E-state index is -1.21. The summed E-state index contributed by atoms with van der Waals surface area (Å²) in [4.78, 5) is 26.7. The summed E-state index contributed by atoms with van der Waals surface area (Å²) >= 11 is 1.43. The number of benzene rings is 2. The van der Waals surface area contributed by atoms with Gasteiger partial charge >= 0.3 is 0 Å². The van der Waals surface area contributed by atoms with Gasteiger partial charge in [0.1, 0.15) is 11.6 Å². The average Bonchev–Trinajstić information content (AvgIpc) is 3.08. The zero-order chi connectivity index (χ0) is 19.4. The Hall–Kier alpha value is -2.54. The first-order valence-electron chi connectivity index (χ1n) is 8.54. The molecule has 2 aliphatic rings. The molecule has 0 saturated carbocycles. The first-order chi connectivity index (χ1) is 12.8. The standard InChI is InChI=1S/C20H19FN2O3S/c1-19(2)11-23(17(24)12-5-4-6-13(21)9-12)20(27-19)15-10-14(26-3)7-8-16(15)22-18(20)25/h4-10H,11H2,1-3H3,(H,22,25). The maximum absolute atomic E-state index is 13.7. The zero-order valence-corrected chi connectivity index (χ0v) is 16.0. The topological polar surface area (TPSA) is 58.6 Å². The quantitative estimate of drug-likeness (QED) is 0.857. The SMILES string of the molecule is COc1ccc2c(c1)C1(SC(C)(C)CN1C(=O)c1cccc(F)c1)C(=O)N2. The van der Waals surface area contributed by atoms with E-state index in [0.29, 0.717) is 23.5 Å². The summed E-state index contributed by atoms with van der Waals surface area (Å²) in [5, 5.41) is 2.88. The van der Waals surface area contributed by atoms with Crippen LogP contribution in [0.2, 0.25) is 0 Å². The first-order valence-corrected chi connectivity index (χ1v) is 9.36. The largest absolute Gasteiger partial charge is 0.497 e. The monoisotopic (exact) mass is 386 g/mol. The highest BCUT2D eigenvalue weighted by Crippen LogP contribution is 2.58. The normalized spacial score (nSPS) is 22.7. The molecule has 1 unspecified atom stereocenters. The van der Waals surface area contributed by atoms with E-state index in [-0.39, 0.29) is 22.1 Å². The lowest BCUT2D eigenvalue weighted by Gasteiger charge is -2.32. The molecule has 0 radical (unpaired) electrons. The lowest BCUT2D eigenvalue weighted by molar-refractivity contribution is -0.121. The van der Waals surface area contributed by atoms with E-state index in [0.717, 1.165) is 0 Å². The lowest BCUT2D eigenvalue weighted by Crippen LogP contribution is -2.48. The Morgan fingerprint density at radius 3 is 2.74 bits per heavy atom. The van der Waals surface area contributed by atoms with Crippen molar-refractivity contribution in [2.24, 2.45) is 0 Å². The molecule has 1 fully saturated rings. The van der Waals surface area contributed by atoms with Gasteiger partial charge in [0.2, 0.25) is 0 Å². The van der Waals surface area contributed by atoms with Gasteiger partial charge in [0.25, 0.3) is 11.8 Å². The molecule has 4 rings (SSSR count). The van der Waals surface area contributed by atoms with Crippen molar-refractivity contribution in [3.63, 3.8) is 0 Å². The van der Waals surface area contributed by atoms with Crippen molar-refractivity contribution in [2.45, 2.75) is 23.5 Å². The van der Waals surface area contributed by atoms with Gasteiger partial charge in [0.05, 0.1) is 7.11 Å². The second-order valence-corrected chi connectivity index (χ2v) is 9.17. The van der Waals surface area contributed by atoms with Crippen LogP contribution in [-0.2, 0) is 9.67 Å². The van der Waals surface area contributed by atoms with Crippen molar-refractivity contribution in [3.8, 4) is 5.75 Å². The Balaban J connectivity index is 1.88. The number of nitrogens with zero attached hydrogens (tertiary/aromatic N) is 1. The van der Waals surface area contributed by atoms with Gasteiger partial charge in [-0.1, -0.05) is 6.07 Å². The number of carbonyl (C=O) groups is 2. The van der Waals surface area contributed by atoms with E-state index < -0.39 is 10.7 Å². The Kier molecular flexibility index (Phi) is 3.96. The van der Waals surface area contributed by atoms with Gasteiger partial charge in [-0.3, -0.25) is 9.59 Å². The fourth-order valence-electron chi connectivity index (χ4n) is 3.71. The Morgan fingerprint density at radius 1 is 1.26 bits per heavy atom. The third kappa shape index (κ3) is 2.68. The number of hydrogen-bond acceptors (Lipinski definition) is 4. The number of rotatable bonds is 2. The van der Waals surface area contributed by atoms with E-state index in [1.807, 2.05) is 13.8 Å². The molecule has 0 bridgehead atoms. The minimum absolute atomic E-state index is 0.219. The average molecular weight is 386 g/mol. The molecule has 2 heterocycles. The van der Waals surface area contributed by atoms with Crippen molar-refractivity contribution in [1.82, 2.24) is 4.90 Å². The number of ether oxygens (including phenoxy) is 1. The van der Waals surface area contributed by atoms with Gasteiger partial charge < -0.3 is 15.0 Å². The summed E-state index contributed by atoms with van der Waals surface area (Å²) in [6, 6.07) is 10.9. The van der Waals surface area contributed by atoms with E-state index >= 15 is 0 Å². The van der Waals surface area contributed by atoms with E-state index in [2.05, 4.69) is 5.32 Å². The molecule has 5 nitrogen and oxygen atoms in total. The van der Waals surface area contributed by atoms with Crippen LogP contribution in [0.25, 0.3) is 0 Å². The molecule has 1 atom stereocenters. The van der Waals surface area contributed by atoms with E-state index in [9.17, 15) is 14.0 Å². The highest BCUT2D eigenvalue weighted by atomic mass is 32.2.